The predicted octanol–water partition coefficient (Wildman–Crippen LogP) is 2.42. The SMILES string of the molecule is CC1(C)CC(N2CCCOc3ccccc32)CN1. The van der Waals surface area contributed by atoms with E-state index in [2.05, 4.69) is 48.3 Å². The Morgan fingerprint density at radius 3 is 2.94 bits per heavy atom. The van der Waals surface area contributed by atoms with Gasteiger partial charge in [0.1, 0.15) is 5.75 Å². The average Bonchev–Trinajstić information content (AvgIpc) is 2.60. The van der Waals surface area contributed by atoms with Crippen LogP contribution in [-0.2, 0) is 0 Å². The maximum Gasteiger partial charge on any atom is 0.142 e. The van der Waals surface area contributed by atoms with Gasteiger partial charge in [0.05, 0.1) is 12.3 Å². The normalized spacial score (nSPS) is 26.3. The van der Waals surface area contributed by atoms with Gasteiger partial charge in [-0.15, -0.1) is 0 Å². The van der Waals surface area contributed by atoms with Crippen LogP contribution in [-0.4, -0.2) is 31.3 Å². The van der Waals surface area contributed by atoms with Gasteiger partial charge in [-0.1, -0.05) is 12.1 Å². The van der Waals surface area contributed by atoms with Gasteiger partial charge in [0.25, 0.3) is 0 Å². The quantitative estimate of drug-likeness (QED) is 0.823. The van der Waals surface area contributed by atoms with Crippen molar-refractivity contribution >= 4 is 5.69 Å². The lowest BCUT2D eigenvalue weighted by Gasteiger charge is -2.30. The van der Waals surface area contributed by atoms with Crippen LogP contribution >= 0.6 is 0 Å². The largest absolute Gasteiger partial charge is 0.491 e. The molecule has 0 bridgehead atoms. The summed E-state index contributed by atoms with van der Waals surface area (Å²) in [5, 5.41) is 3.61. The Labute approximate surface area is 109 Å². The van der Waals surface area contributed by atoms with Crippen LogP contribution in [0.25, 0.3) is 0 Å². The lowest BCUT2D eigenvalue weighted by molar-refractivity contribution is 0.322. The van der Waals surface area contributed by atoms with Gasteiger partial charge in [0, 0.05) is 24.7 Å². The van der Waals surface area contributed by atoms with Gasteiger partial charge in [-0.05, 0) is 38.8 Å². The van der Waals surface area contributed by atoms with Crippen molar-refractivity contribution in [1.82, 2.24) is 5.32 Å². The van der Waals surface area contributed by atoms with Crippen molar-refractivity contribution in [3.05, 3.63) is 24.3 Å². The molecule has 2 heterocycles. The highest BCUT2D eigenvalue weighted by Gasteiger charge is 2.35. The van der Waals surface area contributed by atoms with Crippen LogP contribution in [0, 0.1) is 0 Å². The average molecular weight is 246 g/mol. The molecule has 1 saturated heterocycles. The summed E-state index contributed by atoms with van der Waals surface area (Å²) in [6.07, 6.45) is 2.30. The van der Waals surface area contributed by atoms with Crippen molar-refractivity contribution < 1.29 is 4.74 Å². The van der Waals surface area contributed by atoms with E-state index in [1.54, 1.807) is 0 Å². The monoisotopic (exact) mass is 246 g/mol. The molecule has 1 atom stereocenters. The molecule has 0 spiro atoms. The Morgan fingerprint density at radius 2 is 2.17 bits per heavy atom. The van der Waals surface area contributed by atoms with Crippen LogP contribution in [0.2, 0.25) is 0 Å². The minimum absolute atomic E-state index is 0.257. The number of hydrogen-bond acceptors (Lipinski definition) is 3. The van der Waals surface area contributed by atoms with E-state index in [1.165, 1.54) is 12.1 Å². The molecule has 98 valence electrons. The molecular formula is C15H22N2O. The summed E-state index contributed by atoms with van der Waals surface area (Å²) in [6, 6.07) is 9.02. The van der Waals surface area contributed by atoms with Crippen LogP contribution < -0.4 is 15.0 Å². The number of para-hydroxylation sites is 2. The predicted molar refractivity (Wildman–Crippen MR) is 74.4 cm³/mol. The summed E-state index contributed by atoms with van der Waals surface area (Å²) < 4.78 is 5.83. The van der Waals surface area contributed by atoms with Crippen LogP contribution in [0.5, 0.6) is 5.75 Å². The Bertz CT molecular complexity index is 430. The molecule has 0 aromatic heterocycles. The Balaban J connectivity index is 1.88. The maximum absolute atomic E-state index is 5.83. The summed E-state index contributed by atoms with van der Waals surface area (Å²) in [7, 11) is 0. The van der Waals surface area contributed by atoms with Crippen molar-refractivity contribution in [2.75, 3.05) is 24.6 Å². The number of anilines is 1. The molecule has 18 heavy (non-hydrogen) atoms. The van der Waals surface area contributed by atoms with Gasteiger partial charge >= 0.3 is 0 Å². The molecule has 1 fully saturated rings. The highest BCUT2D eigenvalue weighted by Crippen LogP contribution is 2.34. The highest BCUT2D eigenvalue weighted by molar-refractivity contribution is 5.60. The first-order valence-electron chi connectivity index (χ1n) is 6.89. The minimum Gasteiger partial charge on any atom is -0.491 e. The third-order valence-electron chi connectivity index (χ3n) is 3.98. The van der Waals surface area contributed by atoms with Crippen molar-refractivity contribution in [2.45, 2.75) is 38.3 Å². The van der Waals surface area contributed by atoms with Crippen LogP contribution in [0.4, 0.5) is 5.69 Å². The fraction of sp³-hybridized carbons (Fsp3) is 0.600. The minimum atomic E-state index is 0.257. The molecule has 3 nitrogen and oxygen atoms in total. The number of ether oxygens (including phenoxy) is 1. The van der Waals surface area contributed by atoms with Gasteiger partial charge in [-0.25, -0.2) is 0 Å². The molecule has 0 saturated carbocycles. The fourth-order valence-electron chi connectivity index (χ4n) is 3.08. The first kappa shape index (κ1) is 11.8. The van der Waals surface area contributed by atoms with Crippen LogP contribution in [0.1, 0.15) is 26.7 Å². The summed E-state index contributed by atoms with van der Waals surface area (Å²) in [5.41, 5.74) is 1.52. The zero-order valence-corrected chi connectivity index (χ0v) is 11.3. The second kappa shape index (κ2) is 4.47. The molecule has 3 rings (SSSR count). The van der Waals surface area contributed by atoms with Crippen molar-refractivity contribution in [1.29, 1.82) is 0 Å². The molecule has 1 aromatic carbocycles. The van der Waals surface area contributed by atoms with E-state index in [0.717, 1.165) is 31.9 Å². The fourth-order valence-corrected chi connectivity index (χ4v) is 3.08. The third-order valence-corrected chi connectivity index (χ3v) is 3.98. The lowest BCUT2D eigenvalue weighted by atomic mass is 10.00. The first-order valence-corrected chi connectivity index (χ1v) is 6.89. The van der Waals surface area contributed by atoms with Crippen molar-refractivity contribution in [3.63, 3.8) is 0 Å². The van der Waals surface area contributed by atoms with E-state index in [1.807, 2.05) is 0 Å². The molecule has 1 aromatic rings. The van der Waals surface area contributed by atoms with Gasteiger partial charge in [0.15, 0.2) is 0 Å². The molecule has 0 radical (unpaired) electrons. The smallest absolute Gasteiger partial charge is 0.142 e. The standard InChI is InChI=1S/C15H22N2O/c1-15(2)10-12(11-16-15)17-8-5-9-18-14-7-4-3-6-13(14)17/h3-4,6-7,12,16H,5,8-11H2,1-2H3. The molecule has 2 aliphatic heterocycles. The number of nitrogens with zero attached hydrogens (tertiary/aromatic N) is 1. The third kappa shape index (κ3) is 2.19. The van der Waals surface area contributed by atoms with E-state index in [4.69, 9.17) is 4.74 Å². The molecule has 1 unspecified atom stereocenters. The van der Waals surface area contributed by atoms with Gasteiger partial charge < -0.3 is 15.0 Å². The number of rotatable bonds is 1. The maximum atomic E-state index is 5.83. The van der Waals surface area contributed by atoms with Crippen LogP contribution in [0.3, 0.4) is 0 Å². The molecule has 0 amide bonds. The molecule has 3 heteroatoms. The van der Waals surface area contributed by atoms with Crippen molar-refractivity contribution in [2.24, 2.45) is 0 Å². The number of benzene rings is 1. The molecule has 0 aliphatic carbocycles. The topological polar surface area (TPSA) is 24.5 Å². The first-order chi connectivity index (χ1) is 8.66. The van der Waals surface area contributed by atoms with E-state index in [-0.39, 0.29) is 5.54 Å². The van der Waals surface area contributed by atoms with E-state index in [9.17, 15) is 0 Å². The molecular weight excluding hydrogens is 224 g/mol. The van der Waals surface area contributed by atoms with E-state index in [0.29, 0.717) is 6.04 Å². The Kier molecular flexibility index (Phi) is 2.94. The second-order valence-electron chi connectivity index (χ2n) is 5.99. The Morgan fingerprint density at radius 1 is 1.33 bits per heavy atom. The second-order valence-corrected chi connectivity index (χ2v) is 5.99. The lowest BCUT2D eigenvalue weighted by Crippen LogP contribution is -2.37. The number of hydrogen-bond donors (Lipinski definition) is 1. The van der Waals surface area contributed by atoms with Gasteiger partial charge in [-0.3, -0.25) is 0 Å². The summed E-state index contributed by atoms with van der Waals surface area (Å²) in [4.78, 5) is 2.53. The summed E-state index contributed by atoms with van der Waals surface area (Å²) >= 11 is 0. The Hall–Kier alpha value is -1.22. The summed E-state index contributed by atoms with van der Waals surface area (Å²) in [5.74, 6) is 1.04. The molecule has 1 N–H and O–H groups in total. The zero-order valence-electron chi connectivity index (χ0n) is 11.3. The number of nitrogens with one attached hydrogen (secondary N) is 1. The zero-order chi connectivity index (χ0) is 12.6. The highest BCUT2D eigenvalue weighted by atomic mass is 16.5. The molecule has 2 aliphatic rings. The number of fused-ring (bicyclic) bond motifs is 1. The summed E-state index contributed by atoms with van der Waals surface area (Å²) in [6.45, 7) is 7.57. The van der Waals surface area contributed by atoms with Crippen molar-refractivity contribution in [3.8, 4) is 5.75 Å². The van der Waals surface area contributed by atoms with Gasteiger partial charge in [-0.2, -0.15) is 0 Å². The van der Waals surface area contributed by atoms with Gasteiger partial charge in [0.2, 0.25) is 0 Å². The van der Waals surface area contributed by atoms with Crippen LogP contribution in [0.15, 0.2) is 24.3 Å². The van der Waals surface area contributed by atoms with E-state index < -0.39 is 0 Å². The van der Waals surface area contributed by atoms with E-state index >= 15 is 0 Å².